The molecule has 0 bridgehead atoms. The Morgan fingerprint density at radius 1 is 1.35 bits per heavy atom. The predicted molar refractivity (Wildman–Crippen MR) is 85.2 cm³/mol. The number of aliphatic hydroxyl groups is 1. The molecule has 1 unspecified atom stereocenters. The van der Waals surface area contributed by atoms with Crippen molar-refractivity contribution in [1.29, 1.82) is 0 Å². The molecule has 0 spiro atoms. The van der Waals surface area contributed by atoms with Crippen LogP contribution in [0.5, 0.6) is 0 Å². The second kappa shape index (κ2) is 6.17. The topological polar surface area (TPSA) is 32.3 Å². The maximum Gasteiger partial charge on any atom is 0.0772 e. The molecule has 112 valence electrons. The molecule has 0 aromatic carbocycles. The number of aryl methyl sites for hydroxylation is 1. The van der Waals surface area contributed by atoms with Gasteiger partial charge in [0.15, 0.2) is 0 Å². The van der Waals surface area contributed by atoms with Gasteiger partial charge in [-0.2, -0.15) is 0 Å². The van der Waals surface area contributed by atoms with E-state index >= 15 is 0 Å². The lowest BCUT2D eigenvalue weighted by Crippen LogP contribution is -2.44. The van der Waals surface area contributed by atoms with Crippen molar-refractivity contribution >= 4 is 11.3 Å². The molecule has 0 amide bonds. The smallest absolute Gasteiger partial charge is 0.0772 e. The highest BCUT2D eigenvalue weighted by Crippen LogP contribution is 2.36. The first-order valence-electron chi connectivity index (χ1n) is 8.22. The SMILES string of the molecule is CCC1CCC(O)(CNC2CCCc3sccc32)CC1. The van der Waals surface area contributed by atoms with Gasteiger partial charge in [0.2, 0.25) is 0 Å². The lowest BCUT2D eigenvalue weighted by atomic mass is 9.77. The molecule has 1 heterocycles. The van der Waals surface area contributed by atoms with Crippen LogP contribution in [-0.4, -0.2) is 17.3 Å². The van der Waals surface area contributed by atoms with E-state index in [1.807, 2.05) is 11.3 Å². The Balaban J connectivity index is 1.55. The third-order valence-electron chi connectivity index (χ3n) is 5.34. The Kier molecular flexibility index (Phi) is 4.49. The lowest BCUT2D eigenvalue weighted by Gasteiger charge is -2.37. The van der Waals surface area contributed by atoms with Gasteiger partial charge in [-0.3, -0.25) is 0 Å². The molecular weight excluding hydrogens is 266 g/mol. The molecule has 3 heteroatoms. The zero-order chi connectivity index (χ0) is 14.0. The van der Waals surface area contributed by atoms with Gasteiger partial charge in [-0.25, -0.2) is 0 Å². The summed E-state index contributed by atoms with van der Waals surface area (Å²) in [4.78, 5) is 1.55. The number of nitrogens with one attached hydrogen (secondary N) is 1. The third-order valence-corrected chi connectivity index (χ3v) is 6.34. The van der Waals surface area contributed by atoms with Crippen LogP contribution in [0, 0.1) is 5.92 Å². The molecule has 1 aromatic heterocycles. The van der Waals surface area contributed by atoms with E-state index in [1.165, 1.54) is 44.1 Å². The quantitative estimate of drug-likeness (QED) is 0.878. The van der Waals surface area contributed by atoms with Gasteiger partial charge < -0.3 is 10.4 Å². The highest BCUT2D eigenvalue weighted by Gasteiger charge is 2.33. The first-order chi connectivity index (χ1) is 9.70. The van der Waals surface area contributed by atoms with E-state index in [2.05, 4.69) is 23.7 Å². The van der Waals surface area contributed by atoms with Crippen molar-refractivity contribution in [3.8, 4) is 0 Å². The Morgan fingerprint density at radius 2 is 2.15 bits per heavy atom. The summed E-state index contributed by atoms with van der Waals surface area (Å²) < 4.78 is 0. The van der Waals surface area contributed by atoms with Crippen LogP contribution >= 0.6 is 11.3 Å². The van der Waals surface area contributed by atoms with Gasteiger partial charge in [-0.15, -0.1) is 11.3 Å². The van der Waals surface area contributed by atoms with Gasteiger partial charge in [0.1, 0.15) is 0 Å². The summed E-state index contributed by atoms with van der Waals surface area (Å²) in [6.07, 6.45) is 9.35. The molecule has 3 rings (SSSR count). The zero-order valence-corrected chi connectivity index (χ0v) is 13.3. The van der Waals surface area contributed by atoms with Crippen LogP contribution in [0.1, 0.15) is 68.4 Å². The van der Waals surface area contributed by atoms with Crippen molar-refractivity contribution in [2.75, 3.05) is 6.54 Å². The standard InChI is InChI=1S/C17H27NOS/c1-2-13-6-9-17(19,10-7-13)12-18-15-4-3-5-16-14(15)8-11-20-16/h8,11,13,15,18-19H,2-7,9-10,12H2,1H3. The van der Waals surface area contributed by atoms with E-state index in [9.17, 15) is 5.11 Å². The van der Waals surface area contributed by atoms with E-state index in [-0.39, 0.29) is 0 Å². The molecule has 20 heavy (non-hydrogen) atoms. The minimum absolute atomic E-state index is 0.459. The number of rotatable bonds is 4. The maximum atomic E-state index is 10.8. The number of hydrogen-bond acceptors (Lipinski definition) is 3. The highest BCUT2D eigenvalue weighted by molar-refractivity contribution is 7.10. The van der Waals surface area contributed by atoms with E-state index in [0.29, 0.717) is 6.04 Å². The van der Waals surface area contributed by atoms with Crippen LogP contribution in [0.25, 0.3) is 0 Å². The van der Waals surface area contributed by atoms with Gasteiger partial charge in [0.25, 0.3) is 0 Å². The molecule has 0 radical (unpaired) electrons. The number of fused-ring (bicyclic) bond motifs is 1. The summed E-state index contributed by atoms with van der Waals surface area (Å²) in [5.41, 5.74) is 1.03. The van der Waals surface area contributed by atoms with Crippen LogP contribution in [0.2, 0.25) is 0 Å². The van der Waals surface area contributed by atoms with Gasteiger partial charge >= 0.3 is 0 Å². The summed E-state index contributed by atoms with van der Waals surface area (Å²) in [6.45, 7) is 3.04. The van der Waals surface area contributed by atoms with Crippen LogP contribution in [-0.2, 0) is 6.42 Å². The van der Waals surface area contributed by atoms with Gasteiger partial charge in [0.05, 0.1) is 5.60 Å². The van der Waals surface area contributed by atoms with Crippen molar-refractivity contribution in [2.45, 2.75) is 69.9 Å². The third kappa shape index (κ3) is 3.10. The first-order valence-corrected chi connectivity index (χ1v) is 9.10. The minimum Gasteiger partial charge on any atom is -0.389 e. The maximum absolute atomic E-state index is 10.8. The van der Waals surface area contributed by atoms with Gasteiger partial charge in [0, 0.05) is 17.5 Å². The van der Waals surface area contributed by atoms with E-state index < -0.39 is 5.60 Å². The molecule has 1 fully saturated rings. The highest BCUT2D eigenvalue weighted by atomic mass is 32.1. The molecule has 2 aliphatic rings. The molecular formula is C17H27NOS. The molecule has 0 aliphatic heterocycles. The molecule has 1 atom stereocenters. The summed E-state index contributed by atoms with van der Waals surface area (Å²) in [5.74, 6) is 0.841. The van der Waals surface area contributed by atoms with Crippen molar-refractivity contribution in [2.24, 2.45) is 5.92 Å². The molecule has 0 saturated heterocycles. The predicted octanol–water partition coefficient (Wildman–Crippen LogP) is 4.05. The van der Waals surface area contributed by atoms with E-state index in [4.69, 9.17) is 0 Å². The Labute approximate surface area is 126 Å². The lowest BCUT2D eigenvalue weighted by molar-refractivity contribution is -0.0110. The second-order valence-corrected chi connectivity index (χ2v) is 7.70. The van der Waals surface area contributed by atoms with Crippen molar-refractivity contribution in [3.63, 3.8) is 0 Å². The fourth-order valence-electron chi connectivity index (χ4n) is 3.81. The van der Waals surface area contributed by atoms with Crippen LogP contribution in [0.4, 0.5) is 0 Å². The van der Waals surface area contributed by atoms with Crippen molar-refractivity contribution < 1.29 is 5.11 Å². The average molecular weight is 293 g/mol. The van der Waals surface area contributed by atoms with Crippen LogP contribution in [0.3, 0.4) is 0 Å². The average Bonchev–Trinajstić information content (AvgIpc) is 2.95. The van der Waals surface area contributed by atoms with E-state index in [0.717, 1.165) is 25.3 Å². The summed E-state index contributed by atoms with van der Waals surface area (Å²) in [7, 11) is 0. The number of hydrogen-bond donors (Lipinski definition) is 2. The molecule has 2 nitrogen and oxygen atoms in total. The minimum atomic E-state index is -0.459. The molecule has 1 saturated carbocycles. The molecule has 2 N–H and O–H groups in total. The fraction of sp³-hybridized carbons (Fsp3) is 0.765. The fourth-order valence-corrected chi connectivity index (χ4v) is 4.80. The summed E-state index contributed by atoms with van der Waals surface area (Å²) >= 11 is 1.89. The monoisotopic (exact) mass is 293 g/mol. The zero-order valence-electron chi connectivity index (χ0n) is 12.5. The largest absolute Gasteiger partial charge is 0.389 e. The Morgan fingerprint density at radius 3 is 2.90 bits per heavy atom. The van der Waals surface area contributed by atoms with Crippen LogP contribution < -0.4 is 5.32 Å². The van der Waals surface area contributed by atoms with E-state index in [1.54, 1.807) is 4.88 Å². The Bertz CT molecular complexity index is 434. The number of thiophene rings is 1. The van der Waals surface area contributed by atoms with Crippen molar-refractivity contribution in [3.05, 3.63) is 21.9 Å². The first kappa shape index (κ1) is 14.6. The van der Waals surface area contributed by atoms with Crippen LogP contribution in [0.15, 0.2) is 11.4 Å². The summed E-state index contributed by atoms with van der Waals surface area (Å²) in [5, 5.41) is 16.6. The van der Waals surface area contributed by atoms with Crippen molar-refractivity contribution in [1.82, 2.24) is 5.32 Å². The van der Waals surface area contributed by atoms with Gasteiger partial charge in [-0.05, 0) is 67.9 Å². The Hall–Kier alpha value is -0.380. The molecule has 2 aliphatic carbocycles. The molecule has 1 aromatic rings. The normalized spacial score (nSPS) is 33.9. The summed E-state index contributed by atoms with van der Waals surface area (Å²) in [6, 6.07) is 2.74. The van der Waals surface area contributed by atoms with Gasteiger partial charge in [-0.1, -0.05) is 13.3 Å². The second-order valence-electron chi connectivity index (χ2n) is 6.70.